The van der Waals surface area contributed by atoms with Crippen molar-refractivity contribution in [3.05, 3.63) is 69.7 Å². The van der Waals surface area contributed by atoms with Gasteiger partial charge in [0.25, 0.3) is 11.7 Å². The van der Waals surface area contributed by atoms with E-state index in [9.17, 15) is 14.7 Å². The van der Waals surface area contributed by atoms with Gasteiger partial charge >= 0.3 is 0 Å². The summed E-state index contributed by atoms with van der Waals surface area (Å²) in [6.07, 6.45) is 0.600. The minimum absolute atomic E-state index is 0.0217. The standard InChI is InChI=1S/C24H26BrNO5/c1-15(2)31-19-10-8-16(9-11-19)22(27)20-21(17-6-4-7-18(25)14-17)26(12-5-13-30-3)24(29)23(20)28/h4,6-11,14-15,21,27H,5,12-13H2,1-3H3/t21-/m1/s1. The van der Waals surface area contributed by atoms with Crippen LogP contribution in [0, 0.1) is 0 Å². The highest BCUT2D eigenvalue weighted by molar-refractivity contribution is 9.10. The Kier molecular flexibility index (Phi) is 7.51. The fourth-order valence-electron chi connectivity index (χ4n) is 3.63. The average Bonchev–Trinajstić information content (AvgIpc) is 2.98. The molecule has 1 saturated heterocycles. The summed E-state index contributed by atoms with van der Waals surface area (Å²) in [6, 6.07) is 13.6. The summed E-state index contributed by atoms with van der Waals surface area (Å²) in [7, 11) is 1.59. The number of methoxy groups -OCH3 is 1. The predicted octanol–water partition coefficient (Wildman–Crippen LogP) is 4.69. The topological polar surface area (TPSA) is 76.1 Å². The molecule has 1 aliphatic heterocycles. The number of rotatable bonds is 8. The summed E-state index contributed by atoms with van der Waals surface area (Å²) in [5, 5.41) is 11.1. The number of benzene rings is 2. The van der Waals surface area contributed by atoms with E-state index < -0.39 is 17.7 Å². The Labute approximate surface area is 190 Å². The first kappa shape index (κ1) is 23.0. The fourth-order valence-corrected chi connectivity index (χ4v) is 4.05. The van der Waals surface area contributed by atoms with E-state index in [-0.39, 0.29) is 17.4 Å². The van der Waals surface area contributed by atoms with Gasteiger partial charge in [0.05, 0.1) is 17.7 Å². The molecular formula is C24H26BrNO5. The molecule has 2 aromatic carbocycles. The molecule has 2 aromatic rings. The number of ketones is 1. The van der Waals surface area contributed by atoms with Crippen LogP contribution in [0.2, 0.25) is 0 Å². The predicted molar refractivity (Wildman–Crippen MR) is 122 cm³/mol. The number of amides is 1. The Morgan fingerprint density at radius 2 is 1.87 bits per heavy atom. The number of ether oxygens (including phenoxy) is 2. The molecule has 0 bridgehead atoms. The summed E-state index contributed by atoms with van der Waals surface area (Å²) in [6.45, 7) is 4.66. The molecular weight excluding hydrogens is 462 g/mol. The molecule has 0 unspecified atom stereocenters. The molecule has 0 aromatic heterocycles. The van der Waals surface area contributed by atoms with Crippen LogP contribution in [-0.4, -0.2) is 48.1 Å². The molecule has 0 aliphatic carbocycles. The van der Waals surface area contributed by atoms with Crippen molar-refractivity contribution in [2.45, 2.75) is 32.4 Å². The summed E-state index contributed by atoms with van der Waals surface area (Å²) < 4.78 is 11.6. The van der Waals surface area contributed by atoms with Crippen molar-refractivity contribution < 1.29 is 24.2 Å². The van der Waals surface area contributed by atoms with E-state index in [1.807, 2.05) is 38.1 Å². The van der Waals surface area contributed by atoms with Gasteiger partial charge in [-0.2, -0.15) is 0 Å². The number of Topliss-reactive ketones (excluding diaryl/α,β-unsaturated/α-hetero) is 1. The van der Waals surface area contributed by atoms with Crippen molar-refractivity contribution >= 4 is 33.4 Å². The van der Waals surface area contributed by atoms with E-state index in [1.165, 1.54) is 4.90 Å². The van der Waals surface area contributed by atoms with E-state index in [0.717, 1.165) is 10.0 Å². The molecule has 1 amide bonds. The highest BCUT2D eigenvalue weighted by atomic mass is 79.9. The number of nitrogens with zero attached hydrogens (tertiary/aromatic N) is 1. The van der Waals surface area contributed by atoms with Gasteiger partial charge < -0.3 is 19.5 Å². The second kappa shape index (κ2) is 10.1. The third-order valence-electron chi connectivity index (χ3n) is 4.95. The van der Waals surface area contributed by atoms with Crippen LogP contribution in [0.3, 0.4) is 0 Å². The molecule has 1 N–H and O–H groups in total. The van der Waals surface area contributed by atoms with Crippen LogP contribution in [0.15, 0.2) is 58.6 Å². The zero-order chi connectivity index (χ0) is 22.5. The lowest BCUT2D eigenvalue weighted by molar-refractivity contribution is -0.140. The van der Waals surface area contributed by atoms with Gasteiger partial charge in [-0.15, -0.1) is 0 Å². The van der Waals surface area contributed by atoms with Crippen LogP contribution >= 0.6 is 15.9 Å². The van der Waals surface area contributed by atoms with Crippen LogP contribution in [0.4, 0.5) is 0 Å². The molecule has 31 heavy (non-hydrogen) atoms. The van der Waals surface area contributed by atoms with Crippen molar-refractivity contribution in [1.82, 2.24) is 4.90 Å². The largest absolute Gasteiger partial charge is 0.507 e. The molecule has 1 atom stereocenters. The van der Waals surface area contributed by atoms with Gasteiger partial charge in [-0.25, -0.2) is 0 Å². The molecule has 1 fully saturated rings. The normalized spacial score (nSPS) is 18.1. The second-order valence-corrected chi connectivity index (χ2v) is 8.50. The Balaban J connectivity index is 2.06. The van der Waals surface area contributed by atoms with E-state index in [0.29, 0.717) is 30.9 Å². The Hall–Kier alpha value is -2.64. The van der Waals surface area contributed by atoms with Crippen LogP contribution in [0.25, 0.3) is 5.76 Å². The number of aliphatic hydroxyl groups excluding tert-OH is 1. The Morgan fingerprint density at radius 1 is 1.16 bits per heavy atom. The molecule has 7 heteroatoms. The molecule has 0 saturated carbocycles. The lowest BCUT2D eigenvalue weighted by atomic mass is 9.95. The van der Waals surface area contributed by atoms with Crippen molar-refractivity contribution in [3.8, 4) is 5.75 Å². The van der Waals surface area contributed by atoms with Gasteiger partial charge in [-0.1, -0.05) is 28.1 Å². The van der Waals surface area contributed by atoms with Gasteiger partial charge in [0.1, 0.15) is 11.5 Å². The molecule has 0 radical (unpaired) electrons. The highest BCUT2D eigenvalue weighted by Crippen LogP contribution is 2.40. The monoisotopic (exact) mass is 487 g/mol. The molecule has 3 rings (SSSR count). The molecule has 1 heterocycles. The third-order valence-corrected chi connectivity index (χ3v) is 5.44. The van der Waals surface area contributed by atoms with E-state index in [1.54, 1.807) is 31.4 Å². The van der Waals surface area contributed by atoms with E-state index in [2.05, 4.69) is 15.9 Å². The van der Waals surface area contributed by atoms with Gasteiger partial charge in [-0.05, 0) is 62.2 Å². The van der Waals surface area contributed by atoms with Crippen LogP contribution in [-0.2, 0) is 14.3 Å². The lowest BCUT2D eigenvalue weighted by Gasteiger charge is -2.25. The number of carbonyl (C=O) groups excluding carboxylic acids is 2. The van der Waals surface area contributed by atoms with Gasteiger partial charge in [0, 0.05) is 30.3 Å². The minimum atomic E-state index is -0.692. The maximum Gasteiger partial charge on any atom is 0.295 e. The number of carbonyl (C=O) groups is 2. The summed E-state index contributed by atoms with van der Waals surface area (Å²) in [5.41, 5.74) is 1.27. The lowest BCUT2D eigenvalue weighted by Crippen LogP contribution is -2.31. The molecule has 164 valence electrons. The Bertz CT molecular complexity index is 984. The number of hydrogen-bond acceptors (Lipinski definition) is 5. The fraction of sp³-hybridized carbons (Fsp3) is 0.333. The first-order valence-electron chi connectivity index (χ1n) is 10.1. The number of halogens is 1. The summed E-state index contributed by atoms with van der Waals surface area (Å²) >= 11 is 3.45. The first-order valence-corrected chi connectivity index (χ1v) is 10.9. The van der Waals surface area contributed by atoms with Gasteiger partial charge in [0.2, 0.25) is 0 Å². The van der Waals surface area contributed by atoms with Crippen molar-refractivity contribution in [1.29, 1.82) is 0 Å². The summed E-state index contributed by atoms with van der Waals surface area (Å²) in [5.74, 6) is -0.853. The SMILES string of the molecule is COCCCN1C(=O)C(=O)C(=C(O)c2ccc(OC(C)C)cc2)[C@H]1c1cccc(Br)c1. The van der Waals surface area contributed by atoms with Crippen molar-refractivity contribution in [2.24, 2.45) is 0 Å². The van der Waals surface area contributed by atoms with Crippen LogP contribution < -0.4 is 4.74 Å². The highest BCUT2D eigenvalue weighted by Gasteiger charge is 2.45. The second-order valence-electron chi connectivity index (χ2n) is 7.58. The van der Waals surface area contributed by atoms with Gasteiger partial charge in [0.15, 0.2) is 0 Å². The van der Waals surface area contributed by atoms with E-state index >= 15 is 0 Å². The molecule has 1 aliphatic rings. The third kappa shape index (κ3) is 5.17. The molecule has 0 spiro atoms. The van der Waals surface area contributed by atoms with Crippen LogP contribution in [0.1, 0.15) is 37.4 Å². The zero-order valence-corrected chi connectivity index (χ0v) is 19.4. The maximum absolute atomic E-state index is 13.0. The number of likely N-dealkylation sites (tertiary alicyclic amines) is 1. The van der Waals surface area contributed by atoms with E-state index in [4.69, 9.17) is 9.47 Å². The number of hydrogen-bond donors (Lipinski definition) is 1. The first-order chi connectivity index (χ1) is 14.8. The smallest absolute Gasteiger partial charge is 0.295 e. The minimum Gasteiger partial charge on any atom is -0.507 e. The summed E-state index contributed by atoms with van der Waals surface area (Å²) in [4.78, 5) is 27.3. The molecule has 6 nitrogen and oxygen atoms in total. The Morgan fingerprint density at radius 3 is 2.48 bits per heavy atom. The zero-order valence-electron chi connectivity index (χ0n) is 17.8. The van der Waals surface area contributed by atoms with Crippen molar-refractivity contribution in [2.75, 3.05) is 20.3 Å². The number of aliphatic hydroxyl groups is 1. The quantitative estimate of drug-likeness (QED) is 0.253. The average molecular weight is 488 g/mol. The van der Waals surface area contributed by atoms with Crippen LogP contribution in [0.5, 0.6) is 5.75 Å². The maximum atomic E-state index is 13.0. The van der Waals surface area contributed by atoms with Crippen molar-refractivity contribution in [3.63, 3.8) is 0 Å². The van der Waals surface area contributed by atoms with Gasteiger partial charge in [-0.3, -0.25) is 9.59 Å².